The summed E-state index contributed by atoms with van der Waals surface area (Å²) in [4.78, 5) is 13.5. The number of carbonyl (C=O) groups excluding carboxylic acids is 1. The SMILES string of the molecule is CC(O)CCC(=O)N(C)C(C)C(C)(C)C. The Morgan fingerprint density at radius 3 is 2.13 bits per heavy atom. The zero-order valence-electron chi connectivity index (χ0n) is 10.9. The Morgan fingerprint density at radius 1 is 1.33 bits per heavy atom. The van der Waals surface area contributed by atoms with E-state index in [-0.39, 0.29) is 17.4 Å². The van der Waals surface area contributed by atoms with Gasteiger partial charge in [0, 0.05) is 19.5 Å². The maximum atomic E-state index is 11.8. The third kappa shape index (κ3) is 5.17. The molecule has 3 nitrogen and oxygen atoms in total. The first-order valence-electron chi connectivity index (χ1n) is 5.60. The molecule has 90 valence electrons. The van der Waals surface area contributed by atoms with Gasteiger partial charge in [-0.05, 0) is 25.7 Å². The van der Waals surface area contributed by atoms with Crippen molar-refractivity contribution in [1.82, 2.24) is 4.90 Å². The zero-order valence-corrected chi connectivity index (χ0v) is 10.9. The van der Waals surface area contributed by atoms with Crippen molar-refractivity contribution in [3.63, 3.8) is 0 Å². The fraction of sp³-hybridized carbons (Fsp3) is 0.917. The summed E-state index contributed by atoms with van der Waals surface area (Å²) in [5.41, 5.74) is 0.0925. The monoisotopic (exact) mass is 215 g/mol. The number of rotatable bonds is 4. The Balaban J connectivity index is 4.20. The van der Waals surface area contributed by atoms with E-state index in [1.54, 1.807) is 11.8 Å². The fourth-order valence-electron chi connectivity index (χ4n) is 1.31. The average Bonchev–Trinajstić information content (AvgIpc) is 2.10. The molecule has 0 rings (SSSR count). The first-order valence-corrected chi connectivity index (χ1v) is 5.60. The molecule has 2 atom stereocenters. The molecular formula is C12H25NO2. The van der Waals surface area contributed by atoms with Crippen molar-refractivity contribution in [2.45, 2.75) is 59.6 Å². The van der Waals surface area contributed by atoms with Crippen LogP contribution in [0.3, 0.4) is 0 Å². The predicted molar refractivity (Wildman–Crippen MR) is 62.6 cm³/mol. The number of aliphatic hydroxyl groups excluding tert-OH is 1. The molecule has 0 fully saturated rings. The molecule has 2 unspecified atom stereocenters. The smallest absolute Gasteiger partial charge is 0.222 e. The summed E-state index contributed by atoms with van der Waals surface area (Å²) < 4.78 is 0. The summed E-state index contributed by atoms with van der Waals surface area (Å²) in [5.74, 6) is 0.110. The first-order chi connectivity index (χ1) is 6.66. The fourth-order valence-corrected chi connectivity index (χ4v) is 1.31. The summed E-state index contributed by atoms with van der Waals surface area (Å²) in [7, 11) is 1.83. The van der Waals surface area contributed by atoms with Gasteiger partial charge in [0.05, 0.1) is 6.10 Å². The highest BCUT2D eigenvalue weighted by Gasteiger charge is 2.26. The lowest BCUT2D eigenvalue weighted by Crippen LogP contribution is -2.43. The molecule has 0 heterocycles. The molecule has 0 spiro atoms. The van der Waals surface area contributed by atoms with Crippen molar-refractivity contribution in [3.05, 3.63) is 0 Å². The Morgan fingerprint density at radius 2 is 1.80 bits per heavy atom. The lowest BCUT2D eigenvalue weighted by molar-refractivity contribution is -0.134. The van der Waals surface area contributed by atoms with Crippen LogP contribution < -0.4 is 0 Å². The van der Waals surface area contributed by atoms with Gasteiger partial charge in [0.25, 0.3) is 0 Å². The molecule has 1 N–H and O–H groups in total. The molecule has 0 aliphatic carbocycles. The van der Waals surface area contributed by atoms with Crippen LogP contribution >= 0.6 is 0 Å². The molecule has 0 aliphatic heterocycles. The van der Waals surface area contributed by atoms with E-state index in [1.165, 1.54) is 0 Å². The van der Waals surface area contributed by atoms with Gasteiger partial charge in [0.15, 0.2) is 0 Å². The minimum atomic E-state index is -0.396. The summed E-state index contributed by atoms with van der Waals surface area (Å²) in [5, 5.41) is 9.11. The first kappa shape index (κ1) is 14.4. The number of nitrogens with zero attached hydrogens (tertiary/aromatic N) is 1. The predicted octanol–water partition coefficient (Wildman–Crippen LogP) is 2.04. The molecule has 0 aromatic heterocycles. The van der Waals surface area contributed by atoms with Gasteiger partial charge >= 0.3 is 0 Å². The van der Waals surface area contributed by atoms with Gasteiger partial charge in [0.2, 0.25) is 5.91 Å². The maximum absolute atomic E-state index is 11.8. The normalized spacial score (nSPS) is 15.9. The van der Waals surface area contributed by atoms with Crippen LogP contribution in [0, 0.1) is 5.41 Å². The molecule has 0 aliphatic rings. The molecule has 0 saturated heterocycles. The molecule has 0 saturated carbocycles. The summed E-state index contributed by atoms with van der Waals surface area (Å²) >= 11 is 0. The Bertz CT molecular complexity index is 206. The van der Waals surface area contributed by atoms with Gasteiger partial charge in [-0.3, -0.25) is 4.79 Å². The summed E-state index contributed by atoms with van der Waals surface area (Å²) in [6.07, 6.45) is 0.571. The third-order valence-corrected chi connectivity index (χ3v) is 3.00. The van der Waals surface area contributed by atoms with Crippen molar-refractivity contribution < 1.29 is 9.90 Å². The van der Waals surface area contributed by atoms with Gasteiger partial charge in [-0.25, -0.2) is 0 Å². The lowest BCUT2D eigenvalue weighted by Gasteiger charge is -2.35. The molecule has 0 radical (unpaired) electrons. The number of carbonyl (C=O) groups is 1. The van der Waals surface area contributed by atoms with Crippen LogP contribution in [0.4, 0.5) is 0 Å². The van der Waals surface area contributed by atoms with E-state index in [0.717, 1.165) is 0 Å². The highest BCUT2D eigenvalue weighted by atomic mass is 16.3. The minimum absolute atomic E-state index is 0.0925. The number of aliphatic hydroxyl groups is 1. The third-order valence-electron chi connectivity index (χ3n) is 3.00. The topological polar surface area (TPSA) is 40.5 Å². The molecule has 0 aromatic rings. The van der Waals surface area contributed by atoms with Gasteiger partial charge < -0.3 is 10.0 Å². The highest BCUT2D eigenvalue weighted by Crippen LogP contribution is 2.23. The van der Waals surface area contributed by atoms with Gasteiger partial charge in [-0.1, -0.05) is 20.8 Å². The second-order valence-corrected chi connectivity index (χ2v) is 5.43. The lowest BCUT2D eigenvalue weighted by atomic mass is 9.87. The van der Waals surface area contributed by atoms with Crippen LogP contribution in [-0.4, -0.2) is 35.1 Å². The van der Waals surface area contributed by atoms with Gasteiger partial charge in [0.1, 0.15) is 0 Å². The van der Waals surface area contributed by atoms with Crippen molar-refractivity contribution in [2.24, 2.45) is 5.41 Å². The Hall–Kier alpha value is -0.570. The van der Waals surface area contributed by atoms with Crippen molar-refractivity contribution in [2.75, 3.05) is 7.05 Å². The van der Waals surface area contributed by atoms with E-state index in [2.05, 4.69) is 27.7 Å². The van der Waals surface area contributed by atoms with Crippen LogP contribution in [-0.2, 0) is 4.79 Å². The van der Waals surface area contributed by atoms with E-state index in [9.17, 15) is 4.79 Å². The number of hydrogen-bond donors (Lipinski definition) is 1. The van der Waals surface area contributed by atoms with Crippen molar-refractivity contribution in [3.8, 4) is 0 Å². The summed E-state index contributed by atoms with van der Waals surface area (Å²) in [6.45, 7) is 10.1. The zero-order chi connectivity index (χ0) is 12.2. The molecule has 15 heavy (non-hydrogen) atoms. The van der Waals surface area contributed by atoms with Crippen molar-refractivity contribution >= 4 is 5.91 Å². The standard InChI is InChI=1S/C12H25NO2/c1-9(14)7-8-11(15)13(6)10(2)12(3,4)5/h9-10,14H,7-8H2,1-6H3. The van der Waals surface area contributed by atoms with E-state index < -0.39 is 6.10 Å². The second kappa shape index (κ2) is 5.50. The van der Waals surface area contributed by atoms with E-state index in [0.29, 0.717) is 12.8 Å². The number of amides is 1. The quantitative estimate of drug-likeness (QED) is 0.779. The van der Waals surface area contributed by atoms with Gasteiger partial charge in [-0.15, -0.1) is 0 Å². The Kier molecular flexibility index (Phi) is 5.29. The van der Waals surface area contributed by atoms with Gasteiger partial charge in [-0.2, -0.15) is 0 Å². The van der Waals surface area contributed by atoms with E-state index in [1.807, 2.05) is 7.05 Å². The van der Waals surface area contributed by atoms with Crippen LogP contribution in [0.5, 0.6) is 0 Å². The number of hydrogen-bond acceptors (Lipinski definition) is 2. The largest absolute Gasteiger partial charge is 0.393 e. The van der Waals surface area contributed by atoms with Crippen LogP contribution in [0.15, 0.2) is 0 Å². The van der Waals surface area contributed by atoms with E-state index >= 15 is 0 Å². The minimum Gasteiger partial charge on any atom is -0.393 e. The van der Waals surface area contributed by atoms with Crippen LogP contribution in [0.25, 0.3) is 0 Å². The molecule has 0 aromatic carbocycles. The Labute approximate surface area is 93.5 Å². The van der Waals surface area contributed by atoms with Crippen molar-refractivity contribution in [1.29, 1.82) is 0 Å². The maximum Gasteiger partial charge on any atom is 0.222 e. The van der Waals surface area contributed by atoms with Crippen LogP contribution in [0.2, 0.25) is 0 Å². The van der Waals surface area contributed by atoms with E-state index in [4.69, 9.17) is 5.11 Å². The molecule has 0 bridgehead atoms. The average molecular weight is 215 g/mol. The molecule has 3 heteroatoms. The molecular weight excluding hydrogens is 190 g/mol. The highest BCUT2D eigenvalue weighted by molar-refractivity contribution is 5.76. The second-order valence-electron chi connectivity index (χ2n) is 5.43. The van der Waals surface area contributed by atoms with Crippen LogP contribution in [0.1, 0.15) is 47.5 Å². The molecule has 1 amide bonds. The summed E-state index contributed by atoms with van der Waals surface area (Å²) in [6, 6.07) is 0.207.